The summed E-state index contributed by atoms with van der Waals surface area (Å²) >= 11 is 0. The number of nitrogens with one attached hydrogen (secondary N) is 1. The largest absolute Gasteiger partial charge is 0.497 e. The summed E-state index contributed by atoms with van der Waals surface area (Å²) in [6, 6.07) is 14.7. The van der Waals surface area contributed by atoms with Crippen molar-refractivity contribution in [3.63, 3.8) is 0 Å². The first-order valence-electron chi connectivity index (χ1n) is 5.69. The van der Waals surface area contributed by atoms with Gasteiger partial charge in [0.1, 0.15) is 11.6 Å². The van der Waals surface area contributed by atoms with Crippen molar-refractivity contribution in [3.8, 4) is 17.0 Å². The summed E-state index contributed by atoms with van der Waals surface area (Å²) in [7, 11) is 1.63. The van der Waals surface area contributed by atoms with Crippen molar-refractivity contribution in [2.24, 2.45) is 0 Å². The zero-order chi connectivity index (χ0) is 12.5. The number of aromatic nitrogens is 1. The monoisotopic (exact) mass is 241 g/mol. The lowest BCUT2D eigenvalue weighted by Crippen LogP contribution is -1.83. The highest BCUT2D eigenvalue weighted by Crippen LogP contribution is 2.27. The number of hydrogen-bond donors (Lipinski definition) is 1. The quantitative estimate of drug-likeness (QED) is 0.721. The number of benzene rings is 2. The van der Waals surface area contributed by atoms with Crippen LogP contribution in [0, 0.1) is 5.82 Å². The first-order chi connectivity index (χ1) is 8.78. The number of para-hydroxylation sites is 1. The molecule has 1 N–H and O–H groups in total. The Kier molecular flexibility index (Phi) is 2.52. The van der Waals surface area contributed by atoms with Crippen LogP contribution in [0.4, 0.5) is 4.39 Å². The maximum atomic E-state index is 13.6. The van der Waals surface area contributed by atoms with Crippen molar-refractivity contribution in [3.05, 3.63) is 54.3 Å². The number of methoxy groups -OCH3 is 1. The summed E-state index contributed by atoms with van der Waals surface area (Å²) in [5.74, 6) is 0.549. The first-order valence-corrected chi connectivity index (χ1v) is 5.69. The van der Waals surface area contributed by atoms with E-state index in [0.29, 0.717) is 5.52 Å². The average molecular weight is 241 g/mol. The van der Waals surface area contributed by atoms with E-state index < -0.39 is 0 Å². The number of H-pyrrole nitrogens is 1. The van der Waals surface area contributed by atoms with Gasteiger partial charge in [0.15, 0.2) is 0 Å². The molecule has 0 saturated carbocycles. The lowest BCUT2D eigenvalue weighted by molar-refractivity contribution is 0.415. The topological polar surface area (TPSA) is 25.0 Å². The number of fused-ring (bicyclic) bond motifs is 1. The van der Waals surface area contributed by atoms with Gasteiger partial charge in [-0.05, 0) is 24.3 Å². The van der Waals surface area contributed by atoms with Crippen molar-refractivity contribution in [1.29, 1.82) is 0 Å². The second-order valence-corrected chi connectivity index (χ2v) is 4.12. The van der Waals surface area contributed by atoms with Crippen LogP contribution >= 0.6 is 0 Å². The molecule has 0 bridgehead atoms. The Bertz CT molecular complexity index is 703. The lowest BCUT2D eigenvalue weighted by Gasteiger charge is -2.02. The Morgan fingerprint density at radius 2 is 1.89 bits per heavy atom. The molecule has 3 heteroatoms. The van der Waals surface area contributed by atoms with E-state index in [0.717, 1.165) is 22.4 Å². The molecule has 3 aromatic rings. The van der Waals surface area contributed by atoms with Gasteiger partial charge in [0.2, 0.25) is 0 Å². The zero-order valence-electron chi connectivity index (χ0n) is 9.91. The summed E-state index contributed by atoms with van der Waals surface area (Å²) in [4.78, 5) is 3.10. The van der Waals surface area contributed by atoms with Gasteiger partial charge in [0.25, 0.3) is 0 Å². The maximum Gasteiger partial charge on any atom is 0.147 e. The Balaban J connectivity index is 2.16. The van der Waals surface area contributed by atoms with Crippen molar-refractivity contribution >= 4 is 10.9 Å². The minimum atomic E-state index is -0.235. The Morgan fingerprint density at radius 1 is 1.06 bits per heavy atom. The third-order valence-electron chi connectivity index (χ3n) is 2.99. The van der Waals surface area contributed by atoms with Gasteiger partial charge in [0.05, 0.1) is 12.6 Å². The van der Waals surface area contributed by atoms with Crippen LogP contribution in [0.2, 0.25) is 0 Å². The molecule has 0 aliphatic heterocycles. The fraction of sp³-hybridized carbons (Fsp3) is 0.0667. The molecule has 0 atom stereocenters. The number of hydrogen-bond acceptors (Lipinski definition) is 1. The van der Waals surface area contributed by atoms with Gasteiger partial charge < -0.3 is 9.72 Å². The highest BCUT2D eigenvalue weighted by molar-refractivity contribution is 5.86. The Labute approximate surface area is 104 Å². The predicted molar refractivity (Wildman–Crippen MR) is 70.2 cm³/mol. The summed E-state index contributed by atoms with van der Waals surface area (Å²) in [6.07, 6.45) is 0. The lowest BCUT2D eigenvalue weighted by atomic mass is 10.1. The second kappa shape index (κ2) is 4.18. The molecule has 0 saturated heterocycles. The van der Waals surface area contributed by atoms with Crippen molar-refractivity contribution in [1.82, 2.24) is 4.98 Å². The fourth-order valence-corrected chi connectivity index (χ4v) is 2.07. The predicted octanol–water partition coefficient (Wildman–Crippen LogP) is 3.98. The molecule has 0 fully saturated rings. The van der Waals surface area contributed by atoms with E-state index in [1.54, 1.807) is 13.2 Å². The van der Waals surface area contributed by atoms with Crippen LogP contribution in [0.25, 0.3) is 22.2 Å². The molecular formula is C15H12FNO. The highest BCUT2D eigenvalue weighted by Gasteiger charge is 2.07. The highest BCUT2D eigenvalue weighted by atomic mass is 19.1. The number of ether oxygens (including phenoxy) is 1. The SMILES string of the molecule is COc1cccc(-c2cc3cccc(F)c3[nH]2)c1. The van der Waals surface area contributed by atoms with Crippen LogP contribution in [-0.4, -0.2) is 12.1 Å². The molecule has 90 valence electrons. The van der Waals surface area contributed by atoms with Crippen LogP contribution in [-0.2, 0) is 0 Å². The molecule has 0 aliphatic rings. The molecule has 3 rings (SSSR count). The number of aromatic amines is 1. The standard InChI is InChI=1S/C15H12FNO/c1-18-12-6-2-4-10(8-12)14-9-11-5-3-7-13(16)15(11)17-14/h2-9,17H,1H3. The number of rotatable bonds is 2. The molecule has 18 heavy (non-hydrogen) atoms. The number of halogens is 1. The molecule has 0 amide bonds. The van der Waals surface area contributed by atoms with Crippen molar-refractivity contribution in [2.75, 3.05) is 7.11 Å². The second-order valence-electron chi connectivity index (χ2n) is 4.12. The van der Waals surface area contributed by atoms with Gasteiger partial charge in [-0.15, -0.1) is 0 Å². The third kappa shape index (κ3) is 1.74. The molecule has 1 aromatic heterocycles. The molecule has 2 aromatic carbocycles. The van der Waals surface area contributed by atoms with Gasteiger partial charge in [-0.2, -0.15) is 0 Å². The average Bonchev–Trinajstić information content (AvgIpc) is 2.84. The van der Waals surface area contributed by atoms with Gasteiger partial charge >= 0.3 is 0 Å². The molecule has 0 radical (unpaired) electrons. The maximum absolute atomic E-state index is 13.6. The molecule has 0 aliphatic carbocycles. The van der Waals surface area contributed by atoms with E-state index in [-0.39, 0.29) is 5.82 Å². The van der Waals surface area contributed by atoms with Gasteiger partial charge in [0, 0.05) is 16.6 Å². The van der Waals surface area contributed by atoms with E-state index >= 15 is 0 Å². The van der Waals surface area contributed by atoms with Crippen LogP contribution in [0.15, 0.2) is 48.5 Å². The Morgan fingerprint density at radius 3 is 2.67 bits per heavy atom. The van der Waals surface area contributed by atoms with E-state index in [1.165, 1.54) is 6.07 Å². The smallest absolute Gasteiger partial charge is 0.147 e. The molecular weight excluding hydrogens is 229 g/mol. The third-order valence-corrected chi connectivity index (χ3v) is 2.99. The normalized spacial score (nSPS) is 10.8. The Hall–Kier alpha value is -2.29. The van der Waals surface area contributed by atoms with Crippen LogP contribution in [0.5, 0.6) is 5.75 Å². The van der Waals surface area contributed by atoms with Crippen molar-refractivity contribution in [2.45, 2.75) is 0 Å². The van der Waals surface area contributed by atoms with Crippen molar-refractivity contribution < 1.29 is 9.13 Å². The van der Waals surface area contributed by atoms with Crippen LogP contribution in [0.3, 0.4) is 0 Å². The van der Waals surface area contributed by atoms with E-state index in [9.17, 15) is 4.39 Å². The zero-order valence-corrected chi connectivity index (χ0v) is 9.91. The fourth-order valence-electron chi connectivity index (χ4n) is 2.07. The van der Waals surface area contributed by atoms with E-state index in [4.69, 9.17) is 4.74 Å². The van der Waals surface area contributed by atoms with Crippen LogP contribution < -0.4 is 4.74 Å². The molecule has 1 heterocycles. The summed E-state index contributed by atoms with van der Waals surface area (Å²) in [6.45, 7) is 0. The van der Waals surface area contributed by atoms with Crippen LogP contribution in [0.1, 0.15) is 0 Å². The molecule has 0 spiro atoms. The van der Waals surface area contributed by atoms with E-state index in [2.05, 4.69) is 4.98 Å². The minimum Gasteiger partial charge on any atom is -0.497 e. The molecule has 0 unspecified atom stereocenters. The summed E-state index contributed by atoms with van der Waals surface area (Å²) < 4.78 is 18.8. The first kappa shape index (κ1) is 10.8. The van der Waals surface area contributed by atoms with Gasteiger partial charge in [-0.3, -0.25) is 0 Å². The van der Waals surface area contributed by atoms with Gasteiger partial charge in [-0.1, -0.05) is 24.3 Å². The van der Waals surface area contributed by atoms with Gasteiger partial charge in [-0.25, -0.2) is 4.39 Å². The minimum absolute atomic E-state index is 0.235. The van der Waals surface area contributed by atoms with E-state index in [1.807, 2.05) is 36.4 Å². The summed E-state index contributed by atoms with van der Waals surface area (Å²) in [5.41, 5.74) is 2.40. The molecule has 2 nitrogen and oxygen atoms in total. The summed E-state index contributed by atoms with van der Waals surface area (Å²) in [5, 5.41) is 0.868.